The van der Waals surface area contributed by atoms with Gasteiger partial charge in [-0.15, -0.1) is 11.8 Å². The van der Waals surface area contributed by atoms with Crippen molar-refractivity contribution in [1.29, 1.82) is 0 Å². The van der Waals surface area contributed by atoms with Crippen LogP contribution in [0.15, 0.2) is 27.7 Å². The molecule has 1 aliphatic rings. The second-order valence-corrected chi connectivity index (χ2v) is 9.97. The SMILES string of the molecule is COC(=O)Cn1c(=NC(=O)CSCC(=O)NC2CCCCC2)sc2cc(Br)ccc21. The fraction of sp³-hybridized carbons (Fsp3) is 0.500. The van der Waals surface area contributed by atoms with Gasteiger partial charge in [-0.05, 0) is 31.0 Å². The molecular weight excluding hydrogens is 490 g/mol. The van der Waals surface area contributed by atoms with E-state index in [0.29, 0.717) is 4.80 Å². The van der Waals surface area contributed by atoms with Crippen molar-refractivity contribution in [2.75, 3.05) is 18.6 Å². The minimum absolute atomic E-state index is 0.0266. The summed E-state index contributed by atoms with van der Waals surface area (Å²) in [7, 11) is 1.32. The lowest BCUT2D eigenvalue weighted by atomic mass is 9.95. The normalized spacial score (nSPS) is 15.3. The van der Waals surface area contributed by atoms with Crippen molar-refractivity contribution in [3.05, 3.63) is 27.5 Å². The summed E-state index contributed by atoms with van der Waals surface area (Å²) in [6.07, 6.45) is 5.63. The highest BCUT2D eigenvalue weighted by atomic mass is 79.9. The third-order valence-electron chi connectivity index (χ3n) is 4.81. The molecule has 30 heavy (non-hydrogen) atoms. The van der Waals surface area contributed by atoms with Crippen LogP contribution >= 0.6 is 39.0 Å². The monoisotopic (exact) mass is 513 g/mol. The highest BCUT2D eigenvalue weighted by Gasteiger charge is 2.16. The Bertz CT molecular complexity index is 996. The molecule has 0 radical (unpaired) electrons. The van der Waals surface area contributed by atoms with Crippen molar-refractivity contribution in [1.82, 2.24) is 9.88 Å². The molecule has 3 rings (SSSR count). The van der Waals surface area contributed by atoms with E-state index in [0.717, 1.165) is 40.4 Å². The van der Waals surface area contributed by atoms with E-state index in [4.69, 9.17) is 4.74 Å². The number of nitrogens with one attached hydrogen (secondary N) is 1. The van der Waals surface area contributed by atoms with Gasteiger partial charge in [0.05, 0.1) is 28.8 Å². The molecule has 1 fully saturated rings. The first-order valence-corrected chi connectivity index (χ1v) is 12.5. The van der Waals surface area contributed by atoms with Crippen LogP contribution in [0.4, 0.5) is 0 Å². The van der Waals surface area contributed by atoms with E-state index in [9.17, 15) is 14.4 Å². The number of thiazole rings is 1. The lowest BCUT2D eigenvalue weighted by Gasteiger charge is -2.22. The van der Waals surface area contributed by atoms with Gasteiger partial charge in [-0.2, -0.15) is 4.99 Å². The molecule has 162 valence electrons. The summed E-state index contributed by atoms with van der Waals surface area (Å²) in [6.45, 7) is -0.0266. The standard InChI is InChI=1S/C20H24BrN3O4S2/c1-28-19(27)10-24-15-8-7-13(21)9-16(15)30-20(24)23-18(26)12-29-11-17(25)22-14-5-3-2-4-6-14/h7-9,14H,2-6,10-12H2,1H3,(H,22,25). The van der Waals surface area contributed by atoms with Crippen LogP contribution in [0.5, 0.6) is 0 Å². The van der Waals surface area contributed by atoms with Gasteiger partial charge in [0.1, 0.15) is 6.54 Å². The number of ether oxygens (including phenoxy) is 1. The number of rotatable bonds is 7. The minimum atomic E-state index is -0.416. The maximum atomic E-state index is 12.4. The summed E-state index contributed by atoms with van der Waals surface area (Å²) in [4.78, 5) is 40.9. The van der Waals surface area contributed by atoms with Crippen LogP contribution in [0.3, 0.4) is 0 Å². The Balaban J connectivity index is 1.64. The molecule has 0 bridgehead atoms. The largest absolute Gasteiger partial charge is 0.468 e. The zero-order chi connectivity index (χ0) is 21.5. The third-order valence-corrected chi connectivity index (χ3v) is 7.26. The van der Waals surface area contributed by atoms with Crippen molar-refractivity contribution in [2.24, 2.45) is 4.99 Å². The molecule has 0 spiro atoms. The maximum absolute atomic E-state index is 12.4. The third kappa shape index (κ3) is 6.42. The van der Waals surface area contributed by atoms with Gasteiger partial charge >= 0.3 is 5.97 Å². The summed E-state index contributed by atoms with van der Waals surface area (Å²) < 4.78 is 8.25. The molecule has 1 aromatic carbocycles. The van der Waals surface area contributed by atoms with Crippen LogP contribution < -0.4 is 10.1 Å². The number of methoxy groups -OCH3 is 1. The number of fused-ring (bicyclic) bond motifs is 1. The van der Waals surface area contributed by atoms with Gasteiger partial charge in [0.15, 0.2) is 4.80 Å². The van der Waals surface area contributed by atoms with Crippen LogP contribution in [0, 0.1) is 0 Å². The molecule has 10 heteroatoms. The predicted molar refractivity (Wildman–Crippen MR) is 122 cm³/mol. The Morgan fingerprint density at radius 3 is 2.77 bits per heavy atom. The van der Waals surface area contributed by atoms with Gasteiger partial charge in [-0.25, -0.2) is 0 Å². The van der Waals surface area contributed by atoms with Gasteiger partial charge in [-0.3, -0.25) is 14.4 Å². The first kappa shape index (κ1) is 23.0. The number of hydrogen-bond donors (Lipinski definition) is 1. The van der Waals surface area contributed by atoms with Crippen LogP contribution in [-0.4, -0.2) is 47.0 Å². The number of nitrogens with zero attached hydrogens (tertiary/aromatic N) is 2. The van der Waals surface area contributed by atoms with E-state index in [1.54, 1.807) is 4.57 Å². The number of benzene rings is 1. The van der Waals surface area contributed by atoms with Gasteiger partial charge in [-0.1, -0.05) is 46.5 Å². The molecule has 0 aliphatic heterocycles. The Kier molecular flexibility index (Phi) is 8.52. The number of carbonyl (C=O) groups is 3. The lowest BCUT2D eigenvalue weighted by Crippen LogP contribution is -2.37. The zero-order valence-corrected chi connectivity index (χ0v) is 19.9. The van der Waals surface area contributed by atoms with Crippen molar-refractivity contribution < 1.29 is 19.1 Å². The first-order valence-electron chi connectivity index (χ1n) is 9.76. The molecule has 1 aromatic heterocycles. The highest BCUT2D eigenvalue weighted by Crippen LogP contribution is 2.22. The summed E-state index contributed by atoms with van der Waals surface area (Å²) in [5, 5.41) is 3.04. The summed E-state index contributed by atoms with van der Waals surface area (Å²) in [6, 6.07) is 5.92. The molecule has 1 saturated carbocycles. The summed E-state index contributed by atoms with van der Waals surface area (Å²) in [5.74, 6) is -0.449. The second kappa shape index (κ2) is 11.1. The van der Waals surface area contributed by atoms with Crippen LogP contribution in [0.1, 0.15) is 32.1 Å². The minimum Gasteiger partial charge on any atom is -0.468 e. The first-order chi connectivity index (χ1) is 14.5. The van der Waals surface area contributed by atoms with Gasteiger partial charge in [0.25, 0.3) is 5.91 Å². The number of aromatic nitrogens is 1. The fourth-order valence-electron chi connectivity index (χ4n) is 3.37. The molecule has 0 atom stereocenters. The van der Waals surface area contributed by atoms with Crippen molar-refractivity contribution in [2.45, 2.75) is 44.7 Å². The lowest BCUT2D eigenvalue weighted by molar-refractivity contribution is -0.141. The zero-order valence-electron chi connectivity index (χ0n) is 16.7. The second-order valence-electron chi connectivity index (χ2n) is 7.06. The Hall–Kier alpha value is -1.65. The smallest absolute Gasteiger partial charge is 0.325 e. The molecule has 0 unspecified atom stereocenters. The topological polar surface area (TPSA) is 89.8 Å². The highest BCUT2D eigenvalue weighted by molar-refractivity contribution is 9.10. The molecular formula is C20H24BrN3O4S2. The molecule has 2 aromatic rings. The molecule has 2 amide bonds. The number of esters is 1. The van der Waals surface area contributed by atoms with Crippen LogP contribution in [0.2, 0.25) is 0 Å². The molecule has 1 N–H and O–H groups in total. The van der Waals surface area contributed by atoms with Gasteiger partial charge < -0.3 is 14.6 Å². The van der Waals surface area contributed by atoms with E-state index < -0.39 is 5.97 Å². The van der Waals surface area contributed by atoms with E-state index in [-0.39, 0.29) is 35.9 Å². The van der Waals surface area contributed by atoms with Crippen molar-refractivity contribution in [3.8, 4) is 0 Å². The fourth-order valence-corrected chi connectivity index (χ4v) is 5.57. The number of thioether (sulfide) groups is 1. The van der Waals surface area contributed by atoms with E-state index in [1.165, 1.54) is 36.6 Å². The molecule has 1 heterocycles. The van der Waals surface area contributed by atoms with Crippen molar-refractivity contribution >= 4 is 67.0 Å². The van der Waals surface area contributed by atoms with E-state index in [2.05, 4.69) is 26.2 Å². The number of halogens is 1. The summed E-state index contributed by atoms with van der Waals surface area (Å²) >= 11 is 6.01. The number of amides is 2. The average molecular weight is 514 g/mol. The van der Waals surface area contributed by atoms with Crippen LogP contribution in [0.25, 0.3) is 10.2 Å². The van der Waals surface area contributed by atoms with Crippen LogP contribution in [-0.2, 0) is 25.7 Å². The number of hydrogen-bond acceptors (Lipinski definition) is 6. The summed E-state index contributed by atoms with van der Waals surface area (Å²) in [5.41, 5.74) is 0.805. The molecule has 0 saturated heterocycles. The predicted octanol–water partition coefficient (Wildman–Crippen LogP) is 3.25. The Morgan fingerprint density at radius 1 is 1.27 bits per heavy atom. The average Bonchev–Trinajstić information content (AvgIpc) is 3.04. The van der Waals surface area contributed by atoms with Gasteiger partial charge in [0.2, 0.25) is 5.91 Å². The Labute approximate surface area is 191 Å². The Morgan fingerprint density at radius 2 is 2.03 bits per heavy atom. The van der Waals surface area contributed by atoms with Gasteiger partial charge in [0, 0.05) is 10.5 Å². The molecule has 1 aliphatic carbocycles. The quantitative estimate of drug-likeness (QED) is 0.573. The van der Waals surface area contributed by atoms with E-state index in [1.807, 2.05) is 18.2 Å². The maximum Gasteiger partial charge on any atom is 0.325 e. The number of carbonyl (C=O) groups excluding carboxylic acids is 3. The molecule has 7 nitrogen and oxygen atoms in total. The van der Waals surface area contributed by atoms with Crippen molar-refractivity contribution in [3.63, 3.8) is 0 Å². The van der Waals surface area contributed by atoms with E-state index >= 15 is 0 Å².